The molecule has 1 spiro atoms. The number of hydrogen-bond acceptors (Lipinski definition) is 4. The predicted octanol–water partition coefficient (Wildman–Crippen LogP) is 5.26. The number of amides is 3. The third-order valence-corrected chi connectivity index (χ3v) is 7.73. The molecule has 3 aromatic carbocycles. The van der Waals surface area contributed by atoms with Gasteiger partial charge in [-0.2, -0.15) is 0 Å². The monoisotopic (exact) mass is 495 g/mol. The number of thioether (sulfide) groups is 1. The van der Waals surface area contributed by atoms with Crippen molar-refractivity contribution < 1.29 is 23.1 Å². The number of carbonyl (C=O) groups is 2. The zero-order valence-electron chi connectivity index (χ0n) is 19.2. The predicted molar refractivity (Wildman–Crippen MR) is 132 cm³/mol. The lowest BCUT2D eigenvalue weighted by atomic mass is 10.0. The Morgan fingerprint density at radius 1 is 1.11 bits per heavy atom. The molecular formula is C26H23F2N3O3S. The molecule has 3 aromatic rings. The van der Waals surface area contributed by atoms with E-state index in [1.165, 1.54) is 39.8 Å². The normalized spacial score (nSPS) is 18.8. The van der Waals surface area contributed by atoms with Crippen molar-refractivity contribution in [2.45, 2.75) is 18.3 Å². The summed E-state index contributed by atoms with van der Waals surface area (Å²) >= 11 is 1.35. The number of benzene rings is 3. The molecule has 2 aliphatic heterocycles. The summed E-state index contributed by atoms with van der Waals surface area (Å²) in [4.78, 5) is 29.0. The average Bonchev–Trinajstić information content (AvgIpc) is 3.39. The van der Waals surface area contributed by atoms with Crippen LogP contribution in [0.2, 0.25) is 0 Å². The van der Waals surface area contributed by atoms with Gasteiger partial charge >= 0.3 is 6.03 Å². The number of halogens is 2. The van der Waals surface area contributed by atoms with Crippen LogP contribution >= 0.6 is 11.8 Å². The molecule has 180 valence electrons. The van der Waals surface area contributed by atoms with Crippen molar-refractivity contribution in [3.63, 3.8) is 0 Å². The second-order valence-corrected chi connectivity index (χ2v) is 9.70. The van der Waals surface area contributed by atoms with Crippen molar-refractivity contribution in [3.05, 3.63) is 89.0 Å². The maximum atomic E-state index is 14.5. The van der Waals surface area contributed by atoms with E-state index in [1.54, 1.807) is 37.4 Å². The highest BCUT2D eigenvalue weighted by atomic mass is 32.2. The van der Waals surface area contributed by atoms with Crippen molar-refractivity contribution in [1.29, 1.82) is 0 Å². The van der Waals surface area contributed by atoms with Gasteiger partial charge in [0.1, 0.15) is 17.4 Å². The van der Waals surface area contributed by atoms with Gasteiger partial charge in [0.05, 0.1) is 19.3 Å². The first-order chi connectivity index (χ1) is 16.8. The van der Waals surface area contributed by atoms with E-state index in [4.69, 9.17) is 4.74 Å². The smallest absolute Gasteiger partial charge is 0.323 e. The molecular weight excluding hydrogens is 472 g/mol. The molecule has 0 aliphatic carbocycles. The van der Waals surface area contributed by atoms with Gasteiger partial charge in [-0.15, -0.1) is 11.8 Å². The molecule has 5 rings (SSSR count). The highest BCUT2D eigenvalue weighted by molar-refractivity contribution is 8.01. The Labute approximate surface area is 205 Å². The minimum atomic E-state index is -1.32. The van der Waals surface area contributed by atoms with Crippen molar-refractivity contribution in [2.24, 2.45) is 0 Å². The quantitative estimate of drug-likeness (QED) is 0.536. The summed E-state index contributed by atoms with van der Waals surface area (Å²) in [5, 5.41) is 2.86. The Morgan fingerprint density at radius 3 is 2.51 bits per heavy atom. The first-order valence-corrected chi connectivity index (χ1v) is 12.1. The Balaban J connectivity index is 1.52. The summed E-state index contributed by atoms with van der Waals surface area (Å²) in [5.41, 5.74) is 2.47. The number of aryl methyl sites for hydroxylation is 1. The average molecular weight is 496 g/mol. The largest absolute Gasteiger partial charge is 0.497 e. The SMILES string of the molecule is COc1ccc(NC(=O)N2CCSC23C(=O)N(Cc2c(F)cccc2F)c2ccc(C)cc23)cc1. The Bertz CT molecular complexity index is 1300. The van der Waals surface area contributed by atoms with E-state index in [0.29, 0.717) is 35.0 Å². The Morgan fingerprint density at radius 2 is 1.83 bits per heavy atom. The minimum Gasteiger partial charge on any atom is -0.497 e. The molecule has 1 atom stereocenters. The van der Waals surface area contributed by atoms with Crippen LogP contribution in [0, 0.1) is 18.6 Å². The van der Waals surface area contributed by atoms with E-state index >= 15 is 0 Å². The van der Waals surface area contributed by atoms with Crippen LogP contribution in [0.15, 0.2) is 60.7 Å². The van der Waals surface area contributed by atoms with Gasteiger partial charge in [-0.1, -0.05) is 23.8 Å². The number of urea groups is 1. The maximum absolute atomic E-state index is 14.5. The van der Waals surface area contributed by atoms with E-state index < -0.39 is 28.4 Å². The molecule has 0 aromatic heterocycles. The van der Waals surface area contributed by atoms with Crippen molar-refractivity contribution in [2.75, 3.05) is 29.6 Å². The third-order valence-electron chi connectivity index (χ3n) is 6.31. The van der Waals surface area contributed by atoms with Gasteiger partial charge in [-0.05, 0) is 49.4 Å². The summed E-state index contributed by atoms with van der Waals surface area (Å²) in [7, 11) is 1.56. The first kappa shape index (κ1) is 23.2. The van der Waals surface area contributed by atoms with Crippen LogP contribution in [0.4, 0.5) is 25.0 Å². The third kappa shape index (κ3) is 3.80. The summed E-state index contributed by atoms with van der Waals surface area (Å²) in [6, 6.07) is 15.6. The van der Waals surface area contributed by atoms with Gasteiger partial charge in [-0.25, -0.2) is 13.6 Å². The summed E-state index contributed by atoms with van der Waals surface area (Å²) in [6.07, 6.45) is 0. The fraction of sp³-hybridized carbons (Fsp3) is 0.231. The van der Waals surface area contributed by atoms with Crippen LogP contribution in [0.1, 0.15) is 16.7 Å². The van der Waals surface area contributed by atoms with Crippen molar-refractivity contribution in [1.82, 2.24) is 4.90 Å². The number of methoxy groups -OCH3 is 1. The number of nitrogens with zero attached hydrogens (tertiary/aromatic N) is 2. The molecule has 1 N–H and O–H groups in total. The first-order valence-electron chi connectivity index (χ1n) is 11.1. The molecule has 0 bridgehead atoms. The topological polar surface area (TPSA) is 61.9 Å². The van der Waals surface area contributed by atoms with Gasteiger partial charge < -0.3 is 15.0 Å². The molecule has 2 aliphatic rings. The molecule has 9 heteroatoms. The second kappa shape index (κ2) is 8.88. The zero-order chi connectivity index (χ0) is 24.7. The van der Waals surface area contributed by atoms with Crippen LogP contribution in [0.3, 0.4) is 0 Å². The fourth-order valence-corrected chi connectivity index (χ4v) is 6.04. The Hall–Kier alpha value is -3.59. The molecule has 35 heavy (non-hydrogen) atoms. The minimum absolute atomic E-state index is 0.193. The number of carbonyl (C=O) groups excluding carboxylic acids is 2. The number of hydrogen-bond donors (Lipinski definition) is 1. The van der Waals surface area contributed by atoms with E-state index in [2.05, 4.69) is 5.32 Å². The lowest BCUT2D eigenvalue weighted by molar-refractivity contribution is -0.123. The van der Waals surface area contributed by atoms with Crippen LogP contribution in [-0.2, 0) is 16.2 Å². The molecule has 0 saturated carbocycles. The maximum Gasteiger partial charge on any atom is 0.323 e. The molecule has 6 nitrogen and oxygen atoms in total. The zero-order valence-corrected chi connectivity index (χ0v) is 20.0. The van der Waals surface area contributed by atoms with Crippen LogP contribution in [-0.4, -0.2) is 36.2 Å². The summed E-state index contributed by atoms with van der Waals surface area (Å²) in [5.74, 6) is -0.645. The van der Waals surface area contributed by atoms with Gasteiger partial charge in [0.15, 0.2) is 4.87 Å². The van der Waals surface area contributed by atoms with E-state index in [0.717, 1.165) is 5.56 Å². The number of fused-ring (bicyclic) bond motifs is 2. The van der Waals surface area contributed by atoms with Crippen LogP contribution < -0.4 is 15.0 Å². The van der Waals surface area contributed by atoms with Crippen LogP contribution in [0.25, 0.3) is 0 Å². The van der Waals surface area contributed by atoms with Gasteiger partial charge in [0, 0.05) is 29.1 Å². The van der Waals surface area contributed by atoms with E-state index in [9.17, 15) is 18.4 Å². The molecule has 3 amide bonds. The number of anilines is 2. The lowest BCUT2D eigenvalue weighted by Crippen LogP contribution is -2.51. The van der Waals surface area contributed by atoms with Crippen LogP contribution in [0.5, 0.6) is 5.75 Å². The van der Waals surface area contributed by atoms with E-state index in [-0.39, 0.29) is 12.1 Å². The number of nitrogens with one attached hydrogen (secondary N) is 1. The van der Waals surface area contributed by atoms with Crippen molar-refractivity contribution >= 4 is 35.1 Å². The highest BCUT2D eigenvalue weighted by Crippen LogP contribution is 2.54. The molecule has 1 unspecified atom stereocenters. The standard InChI is InChI=1S/C26H23F2N3O3S/c1-16-6-11-23-20(14-16)26(24(32)30(23)15-19-21(27)4-3-5-22(19)28)31(12-13-35-26)25(33)29-17-7-9-18(34-2)10-8-17/h3-11,14H,12-13,15H2,1-2H3,(H,29,33). The second-order valence-electron chi connectivity index (χ2n) is 8.41. The Kier molecular flexibility index (Phi) is 5.88. The van der Waals surface area contributed by atoms with E-state index in [1.807, 2.05) is 19.1 Å². The molecule has 2 heterocycles. The summed E-state index contributed by atoms with van der Waals surface area (Å²) < 4.78 is 34.1. The van der Waals surface area contributed by atoms with Crippen molar-refractivity contribution in [3.8, 4) is 5.75 Å². The number of rotatable bonds is 4. The van der Waals surface area contributed by atoms with Gasteiger partial charge in [-0.3, -0.25) is 9.69 Å². The fourth-order valence-electron chi connectivity index (χ4n) is 4.59. The van der Waals surface area contributed by atoms with Gasteiger partial charge in [0.2, 0.25) is 0 Å². The summed E-state index contributed by atoms with van der Waals surface area (Å²) in [6.45, 7) is 1.97. The highest BCUT2D eigenvalue weighted by Gasteiger charge is 2.59. The molecule has 1 saturated heterocycles. The lowest BCUT2D eigenvalue weighted by Gasteiger charge is -2.33. The molecule has 0 radical (unpaired) electrons. The van der Waals surface area contributed by atoms with Gasteiger partial charge in [0.25, 0.3) is 5.91 Å². The molecule has 1 fully saturated rings. The number of ether oxygens (including phenoxy) is 1.